The Kier molecular flexibility index (Phi) is 49.1. The van der Waals surface area contributed by atoms with Gasteiger partial charge in [-0.1, -0.05) is 7.43 Å². The Morgan fingerprint density at radius 2 is 0.714 bits per heavy atom. The first-order valence-corrected chi connectivity index (χ1v) is 2.93. The van der Waals surface area contributed by atoms with Gasteiger partial charge in [0.05, 0.1) is 0 Å². The molecule has 9 heteroatoms. The van der Waals surface area contributed by atoms with E-state index < -0.39 is 0 Å². The van der Waals surface area contributed by atoms with Gasteiger partial charge in [-0.25, -0.2) is 0 Å². The largest absolute Gasteiger partial charge is 0.373 e. The fraction of sp³-hybridized carbons (Fsp3) is 1.00. The van der Waals surface area contributed by atoms with Crippen LogP contribution in [0.2, 0.25) is 0 Å². The van der Waals surface area contributed by atoms with Crippen molar-refractivity contribution in [2.24, 2.45) is 20.5 Å². The van der Waals surface area contributed by atoms with Crippen LogP contribution in [0, 0.1) is 0 Å². The Hall–Kier alpha value is -0.441. The van der Waals surface area contributed by atoms with Crippen LogP contribution in [0.25, 0.3) is 0 Å². The summed E-state index contributed by atoms with van der Waals surface area (Å²) in [5.74, 6) is 0. The Balaban J connectivity index is -0.0000000625. The van der Waals surface area contributed by atoms with E-state index in [1.54, 1.807) is 0 Å². The van der Waals surface area contributed by atoms with Crippen molar-refractivity contribution in [3.8, 4) is 0 Å². The van der Waals surface area contributed by atoms with Crippen LogP contribution in [-0.2, 0) is 17.1 Å². The summed E-state index contributed by atoms with van der Waals surface area (Å²) < 4.78 is 0. The fourth-order valence-electron chi connectivity index (χ4n) is 0.179. The molecular formula is C5H16FeN4O4. The number of nitrogens with zero attached hydrogens (tertiary/aromatic N) is 4. The van der Waals surface area contributed by atoms with E-state index in [1.807, 2.05) is 0 Å². The van der Waals surface area contributed by atoms with Crippen LogP contribution in [-0.4, -0.2) is 47.3 Å². The molecule has 0 aliphatic heterocycles. The summed E-state index contributed by atoms with van der Waals surface area (Å²) >= 11 is 0. The monoisotopic (exact) mass is 252 g/mol. The predicted octanol–water partition coefficient (Wildman–Crippen LogP) is -0.690. The Morgan fingerprint density at radius 1 is 0.571 bits per heavy atom. The molecule has 0 unspecified atom stereocenters. The van der Waals surface area contributed by atoms with E-state index in [-0.39, 0.29) is 51.4 Å². The maximum Gasteiger partial charge on any atom is 0.155 e. The summed E-state index contributed by atoms with van der Waals surface area (Å²) in [4.78, 5) is 0. The molecule has 4 N–H and O–H groups in total. The normalized spacial score (nSPS) is 8.86. The molecule has 0 saturated carbocycles. The standard InChI is InChI=1S/2C2H6N2O2.CH4.Fe/c2*5-1-3-4-2-6;;/h2*5-6H,1-2H2;1H4;. The van der Waals surface area contributed by atoms with Crippen molar-refractivity contribution < 1.29 is 37.5 Å². The minimum absolute atomic E-state index is 0. The minimum Gasteiger partial charge on any atom is -0.373 e. The maximum atomic E-state index is 7.83. The number of aliphatic hydroxyl groups is 4. The average Bonchev–Trinajstić information content (AvgIpc) is 2.12. The number of aliphatic hydroxyl groups excluding tert-OH is 4. The van der Waals surface area contributed by atoms with Crippen molar-refractivity contribution >= 4 is 0 Å². The van der Waals surface area contributed by atoms with Crippen molar-refractivity contribution in [2.45, 2.75) is 7.43 Å². The van der Waals surface area contributed by atoms with Gasteiger partial charge >= 0.3 is 0 Å². The minimum atomic E-state index is -0.347. The molecule has 0 aromatic rings. The molecule has 0 bridgehead atoms. The zero-order valence-electron chi connectivity index (χ0n) is 6.76. The zero-order chi connectivity index (χ0) is 9.66. The van der Waals surface area contributed by atoms with Gasteiger partial charge in [-0.05, 0) is 0 Å². The topological polar surface area (TPSA) is 130 Å². The number of hydrogen-bond acceptors (Lipinski definition) is 8. The smallest absolute Gasteiger partial charge is 0.155 e. The van der Waals surface area contributed by atoms with Gasteiger partial charge in [0.1, 0.15) is 0 Å². The summed E-state index contributed by atoms with van der Waals surface area (Å²) in [7, 11) is 0. The molecule has 0 radical (unpaired) electrons. The molecule has 0 rings (SSSR count). The van der Waals surface area contributed by atoms with E-state index in [1.165, 1.54) is 0 Å². The van der Waals surface area contributed by atoms with Crippen LogP contribution in [0.3, 0.4) is 0 Å². The van der Waals surface area contributed by atoms with Crippen molar-refractivity contribution in [2.75, 3.05) is 26.9 Å². The molecule has 0 saturated heterocycles. The van der Waals surface area contributed by atoms with Gasteiger partial charge in [0.2, 0.25) is 0 Å². The van der Waals surface area contributed by atoms with Gasteiger partial charge in [-0.3, -0.25) is 0 Å². The van der Waals surface area contributed by atoms with Gasteiger partial charge in [0, 0.05) is 17.1 Å². The van der Waals surface area contributed by atoms with Gasteiger partial charge in [0.15, 0.2) is 26.9 Å². The third-order valence-electron chi connectivity index (χ3n) is 0.453. The molecule has 0 aromatic heterocycles. The van der Waals surface area contributed by atoms with Gasteiger partial charge < -0.3 is 20.4 Å². The summed E-state index contributed by atoms with van der Waals surface area (Å²) in [5.41, 5.74) is 0. The second-order valence-electron chi connectivity index (χ2n) is 1.13. The molecule has 0 atom stereocenters. The third kappa shape index (κ3) is 41.7. The first-order chi connectivity index (χ1) is 5.83. The van der Waals surface area contributed by atoms with E-state index in [0.29, 0.717) is 0 Å². The zero-order valence-corrected chi connectivity index (χ0v) is 7.86. The van der Waals surface area contributed by atoms with E-state index in [2.05, 4.69) is 20.5 Å². The van der Waals surface area contributed by atoms with Gasteiger partial charge in [0.25, 0.3) is 0 Å². The van der Waals surface area contributed by atoms with Crippen molar-refractivity contribution in [3.05, 3.63) is 0 Å². The fourth-order valence-corrected chi connectivity index (χ4v) is 0.179. The molecule has 0 aliphatic carbocycles. The Morgan fingerprint density at radius 3 is 0.786 bits per heavy atom. The second-order valence-corrected chi connectivity index (χ2v) is 1.13. The Bertz CT molecular complexity index is 98.3. The predicted molar refractivity (Wildman–Crippen MR) is 44.8 cm³/mol. The quantitative estimate of drug-likeness (QED) is 0.389. The second kappa shape index (κ2) is 29.4. The van der Waals surface area contributed by atoms with Crippen molar-refractivity contribution in [1.82, 2.24) is 0 Å². The Labute approximate surface area is 92.9 Å². The molecule has 14 heavy (non-hydrogen) atoms. The molecule has 0 fully saturated rings. The summed E-state index contributed by atoms with van der Waals surface area (Å²) in [5, 5.41) is 43.4. The van der Waals surface area contributed by atoms with Crippen molar-refractivity contribution in [3.63, 3.8) is 0 Å². The van der Waals surface area contributed by atoms with Crippen LogP contribution < -0.4 is 0 Å². The van der Waals surface area contributed by atoms with E-state index in [9.17, 15) is 0 Å². The van der Waals surface area contributed by atoms with Crippen molar-refractivity contribution in [1.29, 1.82) is 0 Å². The maximum absolute atomic E-state index is 7.83. The summed E-state index contributed by atoms with van der Waals surface area (Å²) in [6.07, 6.45) is 0. The van der Waals surface area contributed by atoms with Gasteiger partial charge in [-0.15, -0.1) is 0 Å². The molecule has 0 aromatic carbocycles. The summed E-state index contributed by atoms with van der Waals surface area (Å²) in [6, 6.07) is 0. The van der Waals surface area contributed by atoms with Crippen LogP contribution >= 0.6 is 0 Å². The van der Waals surface area contributed by atoms with E-state index >= 15 is 0 Å². The number of hydrogen-bond donors (Lipinski definition) is 4. The molecule has 0 heterocycles. The number of azo groups is 2. The molecular weight excluding hydrogens is 236 g/mol. The van der Waals surface area contributed by atoms with Crippen LogP contribution in [0.5, 0.6) is 0 Å². The molecule has 0 aliphatic rings. The molecule has 88 valence electrons. The summed E-state index contributed by atoms with van der Waals surface area (Å²) in [6.45, 7) is -1.39. The average molecular weight is 252 g/mol. The molecule has 0 amide bonds. The SMILES string of the molecule is C.OCN=NCO.OCN=NCO.[Fe]. The van der Waals surface area contributed by atoms with Crippen LogP contribution in [0.1, 0.15) is 7.43 Å². The first-order valence-electron chi connectivity index (χ1n) is 2.93. The van der Waals surface area contributed by atoms with Crippen LogP contribution in [0.4, 0.5) is 0 Å². The van der Waals surface area contributed by atoms with Gasteiger partial charge in [-0.2, -0.15) is 20.5 Å². The molecule has 0 spiro atoms. The first kappa shape index (κ1) is 23.4. The van der Waals surface area contributed by atoms with E-state index in [0.717, 1.165) is 0 Å². The molecule has 8 nitrogen and oxygen atoms in total. The van der Waals surface area contributed by atoms with E-state index in [4.69, 9.17) is 20.4 Å². The number of rotatable bonds is 4. The third-order valence-corrected chi connectivity index (χ3v) is 0.453. The van der Waals surface area contributed by atoms with Crippen LogP contribution in [0.15, 0.2) is 20.5 Å².